The summed E-state index contributed by atoms with van der Waals surface area (Å²) in [4.78, 5) is 17.7. The Morgan fingerprint density at radius 1 is 1.16 bits per heavy atom. The van der Waals surface area contributed by atoms with Crippen molar-refractivity contribution in [2.75, 3.05) is 31.1 Å². The Morgan fingerprint density at radius 3 is 2.38 bits per heavy atom. The van der Waals surface area contributed by atoms with Gasteiger partial charge in [0, 0.05) is 43.7 Å². The van der Waals surface area contributed by atoms with Gasteiger partial charge in [0.15, 0.2) is 0 Å². The second kappa shape index (κ2) is 9.30. The number of carbonyl (C=O) groups is 1. The minimum Gasteiger partial charge on any atom is -0.475 e. The van der Waals surface area contributed by atoms with Crippen LogP contribution in [0.1, 0.15) is 23.5 Å². The Balaban J connectivity index is 0.000000360. The lowest BCUT2D eigenvalue weighted by Crippen LogP contribution is -2.57. The molecule has 1 spiro atoms. The van der Waals surface area contributed by atoms with Gasteiger partial charge in [-0.15, -0.1) is 11.3 Å². The molecule has 5 nitrogen and oxygen atoms in total. The number of piperidine rings is 1. The number of thiazole rings is 1. The van der Waals surface area contributed by atoms with Gasteiger partial charge in [-0.25, -0.2) is 18.6 Å². The number of aliphatic carboxylic acids is 1. The summed E-state index contributed by atoms with van der Waals surface area (Å²) in [6.45, 7) is 4.66. The van der Waals surface area contributed by atoms with Gasteiger partial charge in [0.2, 0.25) is 0 Å². The molecule has 1 atom stereocenters. The molecule has 2 aliphatic heterocycles. The Morgan fingerprint density at radius 2 is 1.81 bits per heavy atom. The fourth-order valence-electron chi connectivity index (χ4n) is 4.19. The normalized spacial score (nSPS) is 23.1. The maximum absolute atomic E-state index is 14.9. The number of nitrogens with zero attached hydrogens (tertiary/aromatic N) is 3. The number of aromatic nitrogens is 1. The smallest absolute Gasteiger partial charge is 0.475 e. The van der Waals surface area contributed by atoms with Crippen molar-refractivity contribution in [3.8, 4) is 0 Å². The van der Waals surface area contributed by atoms with Crippen LogP contribution in [0.4, 0.5) is 27.6 Å². The van der Waals surface area contributed by atoms with Crippen molar-refractivity contribution in [1.82, 2.24) is 9.88 Å². The maximum Gasteiger partial charge on any atom is 0.490 e. The Bertz CT molecular complexity index is 922. The van der Waals surface area contributed by atoms with E-state index in [1.54, 1.807) is 11.3 Å². The van der Waals surface area contributed by atoms with Crippen molar-refractivity contribution in [3.63, 3.8) is 0 Å². The molecule has 0 saturated carbocycles. The van der Waals surface area contributed by atoms with Crippen LogP contribution in [0.3, 0.4) is 0 Å². The number of aryl methyl sites for hydroxylation is 1. The number of hydrogen-bond donors (Lipinski definition) is 1. The van der Waals surface area contributed by atoms with Crippen LogP contribution in [0.2, 0.25) is 0 Å². The third-order valence-corrected chi connectivity index (χ3v) is 6.64. The van der Waals surface area contributed by atoms with Crippen molar-refractivity contribution >= 4 is 23.0 Å². The molecule has 1 N–H and O–H groups in total. The highest BCUT2D eigenvalue weighted by molar-refractivity contribution is 7.09. The summed E-state index contributed by atoms with van der Waals surface area (Å²) in [5.41, 5.74) is 1.09. The lowest BCUT2D eigenvalue weighted by molar-refractivity contribution is -0.192. The first-order valence-electron chi connectivity index (χ1n) is 10.0. The molecule has 0 radical (unpaired) electrons. The molecule has 32 heavy (non-hydrogen) atoms. The number of carboxylic acid groups (broad SMARTS) is 1. The number of hydrogen-bond acceptors (Lipinski definition) is 5. The summed E-state index contributed by atoms with van der Waals surface area (Å²) >= 11 is 1.62. The molecule has 1 aromatic carbocycles. The minimum absolute atomic E-state index is 0.0639. The van der Waals surface area contributed by atoms with E-state index in [2.05, 4.69) is 14.8 Å². The number of rotatable bonds is 3. The zero-order valence-corrected chi connectivity index (χ0v) is 18.2. The highest BCUT2D eigenvalue weighted by atomic mass is 32.1. The topological polar surface area (TPSA) is 56.7 Å². The molecule has 1 aromatic heterocycles. The summed E-state index contributed by atoms with van der Waals surface area (Å²) in [6, 6.07) is 9.94. The van der Waals surface area contributed by atoms with Gasteiger partial charge in [-0.05, 0) is 32.0 Å². The molecule has 0 aliphatic carbocycles. The summed E-state index contributed by atoms with van der Waals surface area (Å²) in [6.07, 6.45) is -4.60. The fourth-order valence-corrected chi connectivity index (χ4v) is 4.79. The fraction of sp³-hybridized carbons (Fsp3) is 0.524. The lowest BCUT2D eigenvalue weighted by atomic mass is 9.75. The van der Waals surface area contributed by atoms with Crippen LogP contribution in [0.15, 0.2) is 35.7 Å². The highest BCUT2D eigenvalue weighted by Crippen LogP contribution is 2.50. The van der Waals surface area contributed by atoms with Crippen molar-refractivity contribution in [2.45, 2.75) is 38.4 Å². The van der Waals surface area contributed by atoms with Gasteiger partial charge >= 0.3 is 12.1 Å². The summed E-state index contributed by atoms with van der Waals surface area (Å²) in [5.74, 6) is -5.36. The van der Waals surface area contributed by atoms with Crippen LogP contribution in [0, 0.1) is 12.3 Å². The number of alkyl halides is 5. The SMILES string of the molecule is Cc1nc(CN2CCC3(C2)CN(c2ccccc2)CCC3(F)F)cs1.O=C(O)C(F)(F)F. The van der Waals surface area contributed by atoms with Gasteiger partial charge in [-0.1, -0.05) is 18.2 Å². The number of likely N-dealkylation sites (tertiary alicyclic amines) is 1. The van der Waals surface area contributed by atoms with Crippen molar-refractivity contribution in [2.24, 2.45) is 5.41 Å². The van der Waals surface area contributed by atoms with E-state index in [0.29, 0.717) is 32.6 Å². The molecule has 4 rings (SSSR count). The first-order valence-corrected chi connectivity index (χ1v) is 10.9. The van der Waals surface area contributed by atoms with E-state index in [0.717, 1.165) is 22.9 Å². The predicted octanol–water partition coefficient (Wildman–Crippen LogP) is 4.82. The molecule has 0 amide bonds. The van der Waals surface area contributed by atoms with Crippen LogP contribution in [-0.4, -0.2) is 59.2 Å². The number of carboxylic acids is 1. The second-order valence-corrected chi connectivity index (χ2v) is 9.18. The number of halogens is 5. The molecule has 2 aromatic rings. The molecule has 176 valence electrons. The third-order valence-electron chi connectivity index (χ3n) is 5.81. The van der Waals surface area contributed by atoms with Crippen LogP contribution < -0.4 is 4.90 Å². The summed E-state index contributed by atoms with van der Waals surface area (Å²) in [5, 5.41) is 10.2. The first kappa shape index (κ1) is 24.4. The lowest BCUT2D eigenvalue weighted by Gasteiger charge is -2.47. The molecule has 3 heterocycles. The standard InChI is InChI=1S/C19H23F2N3S.C2HF3O2/c1-15-22-16(12-25-15)11-23-9-7-18(13-23)14-24(10-8-19(18,20)21)17-5-3-2-4-6-17;3-2(4,5)1(6)7/h2-6,12H,7-11,13-14H2,1H3;(H,6,7). The van der Waals surface area contributed by atoms with Crippen LogP contribution in [0.5, 0.6) is 0 Å². The van der Waals surface area contributed by atoms with Crippen LogP contribution in [0.25, 0.3) is 0 Å². The van der Waals surface area contributed by atoms with E-state index in [-0.39, 0.29) is 6.42 Å². The van der Waals surface area contributed by atoms with Gasteiger partial charge < -0.3 is 10.0 Å². The molecule has 2 aliphatic rings. The van der Waals surface area contributed by atoms with Gasteiger partial charge in [-0.2, -0.15) is 13.2 Å². The predicted molar refractivity (Wildman–Crippen MR) is 111 cm³/mol. The Hall–Kier alpha value is -2.27. The van der Waals surface area contributed by atoms with Gasteiger partial charge in [0.05, 0.1) is 16.1 Å². The quantitative estimate of drug-likeness (QED) is 0.643. The van der Waals surface area contributed by atoms with Gasteiger partial charge in [-0.3, -0.25) is 4.90 Å². The van der Waals surface area contributed by atoms with Crippen LogP contribution in [-0.2, 0) is 11.3 Å². The number of benzene rings is 1. The zero-order chi connectivity index (χ0) is 23.6. The van der Waals surface area contributed by atoms with E-state index in [1.165, 1.54) is 0 Å². The molecule has 2 saturated heterocycles. The molecular formula is C21H24F5N3O2S. The van der Waals surface area contributed by atoms with Crippen molar-refractivity contribution < 1.29 is 31.9 Å². The number of anilines is 1. The van der Waals surface area contributed by atoms with Gasteiger partial charge in [0.1, 0.15) is 0 Å². The number of para-hydroxylation sites is 1. The molecule has 2 fully saturated rings. The van der Waals surface area contributed by atoms with E-state index < -0.39 is 23.5 Å². The van der Waals surface area contributed by atoms with E-state index >= 15 is 0 Å². The monoisotopic (exact) mass is 477 g/mol. The maximum atomic E-state index is 14.9. The summed E-state index contributed by atoms with van der Waals surface area (Å²) < 4.78 is 61.5. The van der Waals surface area contributed by atoms with Crippen molar-refractivity contribution in [3.05, 3.63) is 46.4 Å². The van der Waals surface area contributed by atoms with Crippen molar-refractivity contribution in [1.29, 1.82) is 0 Å². The molecular weight excluding hydrogens is 453 g/mol. The highest BCUT2D eigenvalue weighted by Gasteiger charge is 2.59. The summed E-state index contributed by atoms with van der Waals surface area (Å²) in [7, 11) is 0. The van der Waals surface area contributed by atoms with E-state index in [9.17, 15) is 22.0 Å². The van der Waals surface area contributed by atoms with Crippen LogP contribution >= 0.6 is 11.3 Å². The second-order valence-electron chi connectivity index (χ2n) is 8.11. The average Bonchev–Trinajstić information content (AvgIpc) is 3.32. The van der Waals surface area contributed by atoms with E-state index in [1.807, 2.05) is 42.6 Å². The van der Waals surface area contributed by atoms with E-state index in [4.69, 9.17) is 9.90 Å². The molecule has 1 unspecified atom stereocenters. The molecule has 11 heteroatoms. The van der Waals surface area contributed by atoms with Gasteiger partial charge in [0.25, 0.3) is 5.92 Å². The Kier molecular flexibility index (Phi) is 7.09. The zero-order valence-electron chi connectivity index (χ0n) is 17.4. The largest absolute Gasteiger partial charge is 0.490 e. The minimum atomic E-state index is -5.08. The third kappa shape index (κ3) is 5.55. The average molecular weight is 477 g/mol. The first-order chi connectivity index (χ1) is 14.9. The molecule has 0 bridgehead atoms. The Labute approximate surface area is 186 Å².